The first-order chi connectivity index (χ1) is 8.56. The average Bonchev–Trinajstić information content (AvgIpc) is 2.76. The molecule has 2 heterocycles. The Balaban J connectivity index is 2.10. The third-order valence-electron chi connectivity index (χ3n) is 2.59. The molecule has 18 heavy (non-hydrogen) atoms. The summed E-state index contributed by atoms with van der Waals surface area (Å²) in [6.45, 7) is 1.86. The molecule has 94 valence electrons. The van der Waals surface area contributed by atoms with E-state index in [1.807, 2.05) is 20.2 Å². The van der Waals surface area contributed by atoms with Gasteiger partial charge in [0, 0.05) is 24.9 Å². The lowest BCUT2D eigenvalue weighted by Gasteiger charge is -2.11. The first-order valence-corrected chi connectivity index (χ1v) is 5.55. The van der Waals surface area contributed by atoms with E-state index >= 15 is 0 Å². The van der Waals surface area contributed by atoms with Crippen molar-refractivity contribution in [3.8, 4) is 0 Å². The average molecular weight is 246 g/mol. The van der Waals surface area contributed by atoms with Crippen molar-refractivity contribution in [2.75, 3.05) is 0 Å². The van der Waals surface area contributed by atoms with E-state index in [1.165, 1.54) is 6.07 Å². The van der Waals surface area contributed by atoms with Crippen molar-refractivity contribution in [2.24, 2.45) is 7.05 Å². The predicted octanol–water partition coefficient (Wildman–Crippen LogP) is 0.599. The van der Waals surface area contributed by atoms with Crippen LogP contribution in [0, 0.1) is 0 Å². The number of hydrogen-bond acceptors (Lipinski definition) is 3. The summed E-state index contributed by atoms with van der Waals surface area (Å²) < 4.78 is 1.67. The van der Waals surface area contributed by atoms with Crippen molar-refractivity contribution in [1.29, 1.82) is 0 Å². The molecule has 0 aliphatic heterocycles. The second kappa shape index (κ2) is 4.87. The van der Waals surface area contributed by atoms with Crippen LogP contribution < -0.4 is 10.9 Å². The van der Waals surface area contributed by atoms with Gasteiger partial charge in [-0.25, -0.2) is 0 Å². The number of rotatable bonds is 3. The van der Waals surface area contributed by atoms with E-state index in [9.17, 15) is 9.59 Å². The van der Waals surface area contributed by atoms with E-state index in [0.29, 0.717) is 0 Å². The highest BCUT2D eigenvalue weighted by Crippen LogP contribution is 2.10. The normalized spacial score (nSPS) is 12.1. The first-order valence-electron chi connectivity index (χ1n) is 5.55. The highest BCUT2D eigenvalue weighted by atomic mass is 16.2. The quantitative estimate of drug-likeness (QED) is 0.832. The number of nitrogens with zero attached hydrogens (tertiary/aromatic N) is 2. The van der Waals surface area contributed by atoms with Crippen molar-refractivity contribution in [1.82, 2.24) is 20.1 Å². The van der Waals surface area contributed by atoms with Gasteiger partial charge in [0.2, 0.25) is 5.56 Å². The van der Waals surface area contributed by atoms with Gasteiger partial charge in [-0.1, -0.05) is 6.07 Å². The SMILES string of the molecule is CC(NC(=O)c1cccc(=O)[nH]1)c1cnn(C)c1. The number of aromatic amines is 1. The number of amides is 1. The van der Waals surface area contributed by atoms with Crippen LogP contribution in [0.5, 0.6) is 0 Å². The van der Waals surface area contributed by atoms with Crippen molar-refractivity contribution in [3.05, 3.63) is 52.2 Å². The minimum atomic E-state index is -0.316. The molecule has 2 rings (SSSR count). The van der Waals surface area contributed by atoms with Gasteiger partial charge in [0.1, 0.15) is 5.69 Å². The fourth-order valence-electron chi connectivity index (χ4n) is 1.60. The molecule has 6 nitrogen and oxygen atoms in total. The summed E-state index contributed by atoms with van der Waals surface area (Å²) in [5, 5.41) is 6.83. The van der Waals surface area contributed by atoms with Crippen LogP contribution in [-0.2, 0) is 7.05 Å². The summed E-state index contributed by atoms with van der Waals surface area (Å²) in [6.07, 6.45) is 3.53. The molecule has 6 heteroatoms. The summed E-state index contributed by atoms with van der Waals surface area (Å²) in [6, 6.07) is 4.30. The maximum absolute atomic E-state index is 11.9. The van der Waals surface area contributed by atoms with E-state index in [1.54, 1.807) is 23.0 Å². The van der Waals surface area contributed by atoms with Gasteiger partial charge < -0.3 is 10.3 Å². The lowest BCUT2D eigenvalue weighted by atomic mass is 10.2. The molecule has 0 radical (unpaired) electrons. The Bertz CT molecular complexity index is 614. The van der Waals surface area contributed by atoms with Crippen LogP contribution in [0.2, 0.25) is 0 Å². The summed E-state index contributed by atoms with van der Waals surface area (Å²) in [4.78, 5) is 25.5. The molecule has 0 aliphatic rings. The van der Waals surface area contributed by atoms with Crippen molar-refractivity contribution in [3.63, 3.8) is 0 Å². The van der Waals surface area contributed by atoms with E-state index in [4.69, 9.17) is 0 Å². The Hall–Kier alpha value is -2.37. The molecule has 2 N–H and O–H groups in total. The Labute approximate surface area is 104 Å². The van der Waals surface area contributed by atoms with E-state index in [0.717, 1.165) is 5.56 Å². The van der Waals surface area contributed by atoms with E-state index in [2.05, 4.69) is 15.4 Å². The zero-order chi connectivity index (χ0) is 13.1. The molecule has 0 aromatic carbocycles. The standard InChI is InChI=1S/C12H14N4O2/c1-8(9-6-13-16(2)7-9)14-12(18)10-4-3-5-11(17)15-10/h3-8H,1-2H3,(H,14,18)(H,15,17). The molecular weight excluding hydrogens is 232 g/mol. The second-order valence-corrected chi connectivity index (χ2v) is 4.07. The molecular formula is C12H14N4O2. The number of carbonyl (C=O) groups is 1. The van der Waals surface area contributed by atoms with Crippen LogP contribution in [0.15, 0.2) is 35.4 Å². The van der Waals surface area contributed by atoms with Crippen molar-refractivity contribution >= 4 is 5.91 Å². The minimum absolute atomic E-state index is 0.171. The number of pyridine rings is 1. The third kappa shape index (κ3) is 2.65. The Kier molecular flexibility index (Phi) is 3.27. The van der Waals surface area contributed by atoms with Gasteiger partial charge in [-0.15, -0.1) is 0 Å². The van der Waals surface area contributed by atoms with E-state index in [-0.39, 0.29) is 23.2 Å². The maximum Gasteiger partial charge on any atom is 0.268 e. The van der Waals surface area contributed by atoms with Crippen LogP contribution in [0.3, 0.4) is 0 Å². The Morgan fingerprint density at radius 1 is 1.50 bits per heavy atom. The molecule has 0 fully saturated rings. The Morgan fingerprint density at radius 3 is 2.89 bits per heavy atom. The molecule has 2 aromatic heterocycles. The molecule has 1 amide bonds. The van der Waals surface area contributed by atoms with Crippen molar-refractivity contribution in [2.45, 2.75) is 13.0 Å². The number of aromatic nitrogens is 3. The molecule has 0 spiro atoms. The molecule has 1 unspecified atom stereocenters. The topological polar surface area (TPSA) is 79.8 Å². The van der Waals surface area contributed by atoms with Crippen molar-refractivity contribution < 1.29 is 4.79 Å². The predicted molar refractivity (Wildman–Crippen MR) is 66.2 cm³/mol. The van der Waals surface area contributed by atoms with Crippen LogP contribution in [-0.4, -0.2) is 20.7 Å². The van der Waals surface area contributed by atoms with Crippen LogP contribution in [0.25, 0.3) is 0 Å². The van der Waals surface area contributed by atoms with Gasteiger partial charge in [-0.2, -0.15) is 5.10 Å². The monoisotopic (exact) mass is 246 g/mol. The third-order valence-corrected chi connectivity index (χ3v) is 2.59. The molecule has 0 saturated carbocycles. The van der Waals surface area contributed by atoms with E-state index < -0.39 is 0 Å². The van der Waals surface area contributed by atoms with Gasteiger partial charge in [-0.3, -0.25) is 14.3 Å². The molecule has 0 aliphatic carbocycles. The minimum Gasteiger partial charge on any atom is -0.344 e. The lowest BCUT2D eigenvalue weighted by Crippen LogP contribution is -2.28. The zero-order valence-corrected chi connectivity index (χ0v) is 10.2. The van der Waals surface area contributed by atoms with Gasteiger partial charge in [0.25, 0.3) is 5.91 Å². The number of nitrogens with one attached hydrogen (secondary N) is 2. The van der Waals surface area contributed by atoms with Gasteiger partial charge in [0.05, 0.1) is 12.2 Å². The molecule has 0 saturated heterocycles. The summed E-state index contributed by atoms with van der Waals surface area (Å²) in [7, 11) is 1.81. The Morgan fingerprint density at radius 2 is 2.28 bits per heavy atom. The fraction of sp³-hybridized carbons (Fsp3) is 0.250. The number of hydrogen-bond donors (Lipinski definition) is 2. The molecule has 2 aromatic rings. The lowest BCUT2D eigenvalue weighted by molar-refractivity contribution is 0.0934. The zero-order valence-electron chi connectivity index (χ0n) is 10.2. The van der Waals surface area contributed by atoms with Crippen LogP contribution in [0.1, 0.15) is 29.0 Å². The summed E-state index contributed by atoms with van der Waals surface area (Å²) >= 11 is 0. The summed E-state index contributed by atoms with van der Waals surface area (Å²) in [5.74, 6) is -0.316. The number of H-pyrrole nitrogens is 1. The van der Waals surface area contributed by atoms with Gasteiger partial charge >= 0.3 is 0 Å². The highest BCUT2D eigenvalue weighted by molar-refractivity contribution is 5.92. The largest absolute Gasteiger partial charge is 0.344 e. The van der Waals surface area contributed by atoms with Crippen LogP contribution >= 0.6 is 0 Å². The fourth-order valence-corrected chi connectivity index (χ4v) is 1.60. The highest BCUT2D eigenvalue weighted by Gasteiger charge is 2.12. The van der Waals surface area contributed by atoms with Crippen LogP contribution in [0.4, 0.5) is 0 Å². The second-order valence-electron chi connectivity index (χ2n) is 4.07. The number of aryl methyl sites for hydroxylation is 1. The maximum atomic E-state index is 11.9. The summed E-state index contributed by atoms with van der Waals surface area (Å²) in [5.41, 5.74) is 0.860. The first kappa shape index (κ1) is 12.1. The van der Waals surface area contributed by atoms with Gasteiger partial charge in [0.15, 0.2) is 0 Å². The smallest absolute Gasteiger partial charge is 0.268 e. The number of carbonyl (C=O) groups excluding carboxylic acids is 1. The molecule has 1 atom stereocenters. The molecule has 0 bridgehead atoms. The van der Waals surface area contributed by atoms with Gasteiger partial charge in [-0.05, 0) is 13.0 Å².